The quantitative estimate of drug-likeness (QED) is 0.680. The summed E-state index contributed by atoms with van der Waals surface area (Å²) >= 11 is 6.01. The number of para-hydroxylation sites is 1. The third-order valence-corrected chi connectivity index (χ3v) is 2.14. The van der Waals surface area contributed by atoms with Gasteiger partial charge in [-0.3, -0.25) is 0 Å². The number of rotatable bonds is 1. The molecule has 0 aliphatic heterocycles. The summed E-state index contributed by atoms with van der Waals surface area (Å²) in [6.07, 6.45) is 1.90. The Morgan fingerprint density at radius 2 is 2.00 bits per heavy atom. The highest BCUT2D eigenvalue weighted by Crippen LogP contribution is 2.18. The van der Waals surface area contributed by atoms with E-state index < -0.39 is 0 Å². The van der Waals surface area contributed by atoms with Gasteiger partial charge in [0, 0.05) is 6.20 Å². The molecule has 0 fully saturated rings. The Morgan fingerprint density at radius 1 is 1.23 bits per heavy atom. The van der Waals surface area contributed by atoms with Crippen molar-refractivity contribution in [3.8, 4) is 5.69 Å². The summed E-state index contributed by atoms with van der Waals surface area (Å²) in [5.41, 5.74) is 1.90. The number of hydrogen-bond donors (Lipinski definition) is 0. The van der Waals surface area contributed by atoms with Gasteiger partial charge in [0.2, 0.25) is 0 Å². The van der Waals surface area contributed by atoms with Crippen LogP contribution in [0, 0.1) is 6.92 Å². The van der Waals surface area contributed by atoms with E-state index in [-0.39, 0.29) is 0 Å². The Labute approximate surface area is 81.8 Å². The van der Waals surface area contributed by atoms with E-state index in [0.717, 1.165) is 11.4 Å². The second-order valence-electron chi connectivity index (χ2n) is 2.85. The Balaban J connectivity index is 2.52. The van der Waals surface area contributed by atoms with E-state index in [9.17, 15) is 0 Å². The van der Waals surface area contributed by atoms with E-state index in [1.54, 1.807) is 4.68 Å². The molecular formula is C10H9ClN2. The van der Waals surface area contributed by atoms with Crippen molar-refractivity contribution in [3.63, 3.8) is 0 Å². The van der Waals surface area contributed by atoms with Crippen LogP contribution in [0.4, 0.5) is 0 Å². The van der Waals surface area contributed by atoms with E-state index in [2.05, 4.69) is 5.10 Å². The average molecular weight is 193 g/mol. The van der Waals surface area contributed by atoms with Gasteiger partial charge in [-0.2, -0.15) is 5.10 Å². The molecule has 1 heterocycles. The fraction of sp³-hybridized carbons (Fsp3) is 0.100. The van der Waals surface area contributed by atoms with Crippen LogP contribution < -0.4 is 0 Å². The molecule has 0 saturated heterocycles. The molecule has 3 heteroatoms. The number of benzene rings is 1. The lowest BCUT2D eigenvalue weighted by molar-refractivity contribution is 0.863. The molecule has 0 spiro atoms. The molecule has 0 atom stereocenters. The average Bonchev–Trinajstić information content (AvgIpc) is 2.53. The molecule has 0 saturated carbocycles. The summed E-state index contributed by atoms with van der Waals surface area (Å²) in [5, 5.41) is 4.99. The van der Waals surface area contributed by atoms with Crippen molar-refractivity contribution in [2.45, 2.75) is 6.92 Å². The minimum absolute atomic E-state index is 0.714. The molecule has 0 radical (unpaired) electrons. The monoisotopic (exact) mass is 192 g/mol. The highest BCUT2D eigenvalue weighted by molar-refractivity contribution is 6.32. The first kappa shape index (κ1) is 8.32. The number of nitrogens with zero attached hydrogens (tertiary/aromatic N) is 2. The second-order valence-corrected chi connectivity index (χ2v) is 3.26. The minimum Gasteiger partial charge on any atom is -0.239 e. The Kier molecular flexibility index (Phi) is 2.07. The lowest BCUT2D eigenvalue weighted by Gasteiger charge is -2.02. The van der Waals surface area contributed by atoms with Gasteiger partial charge in [-0.05, 0) is 25.1 Å². The van der Waals surface area contributed by atoms with Gasteiger partial charge in [0.1, 0.15) is 0 Å². The maximum Gasteiger partial charge on any atom is 0.0831 e. The van der Waals surface area contributed by atoms with Crippen LogP contribution in [0.5, 0.6) is 0 Å². The van der Waals surface area contributed by atoms with Crippen LogP contribution in [0.15, 0.2) is 36.5 Å². The minimum atomic E-state index is 0.714. The van der Waals surface area contributed by atoms with E-state index in [0.29, 0.717) is 5.02 Å². The normalized spacial score (nSPS) is 10.3. The summed E-state index contributed by atoms with van der Waals surface area (Å²) in [6.45, 7) is 1.95. The molecule has 13 heavy (non-hydrogen) atoms. The highest BCUT2D eigenvalue weighted by atomic mass is 35.5. The van der Waals surface area contributed by atoms with Crippen molar-refractivity contribution in [1.29, 1.82) is 0 Å². The third kappa shape index (κ3) is 1.58. The van der Waals surface area contributed by atoms with E-state index >= 15 is 0 Å². The lowest BCUT2D eigenvalue weighted by Crippen LogP contribution is -1.95. The molecular weight excluding hydrogens is 184 g/mol. The fourth-order valence-corrected chi connectivity index (χ4v) is 1.41. The first-order chi connectivity index (χ1) is 6.27. The van der Waals surface area contributed by atoms with Crippen LogP contribution >= 0.6 is 11.6 Å². The smallest absolute Gasteiger partial charge is 0.0831 e. The van der Waals surface area contributed by atoms with Crippen LogP contribution in [0.2, 0.25) is 5.02 Å². The van der Waals surface area contributed by atoms with E-state index in [4.69, 9.17) is 11.6 Å². The Hall–Kier alpha value is -1.28. The van der Waals surface area contributed by atoms with Gasteiger partial charge in [-0.25, -0.2) is 4.68 Å². The van der Waals surface area contributed by atoms with Crippen LogP contribution in [-0.2, 0) is 0 Å². The van der Waals surface area contributed by atoms with Crippen molar-refractivity contribution in [1.82, 2.24) is 9.78 Å². The molecule has 0 aliphatic rings. The summed E-state index contributed by atoms with van der Waals surface area (Å²) in [6, 6.07) is 9.59. The Bertz CT molecular complexity index is 420. The number of aromatic nitrogens is 2. The summed E-state index contributed by atoms with van der Waals surface area (Å²) in [4.78, 5) is 0. The first-order valence-electron chi connectivity index (χ1n) is 4.04. The van der Waals surface area contributed by atoms with Crippen LogP contribution in [0.25, 0.3) is 5.69 Å². The molecule has 0 unspecified atom stereocenters. The molecule has 0 N–H and O–H groups in total. The van der Waals surface area contributed by atoms with Crippen molar-refractivity contribution in [3.05, 3.63) is 47.2 Å². The number of halogens is 1. The van der Waals surface area contributed by atoms with Crippen LogP contribution in [-0.4, -0.2) is 9.78 Å². The van der Waals surface area contributed by atoms with Crippen molar-refractivity contribution >= 4 is 11.6 Å². The molecule has 0 amide bonds. The maximum absolute atomic E-state index is 6.01. The topological polar surface area (TPSA) is 17.8 Å². The predicted molar refractivity (Wildman–Crippen MR) is 53.3 cm³/mol. The van der Waals surface area contributed by atoms with E-state index in [1.807, 2.05) is 43.5 Å². The molecule has 2 nitrogen and oxygen atoms in total. The molecule has 0 aliphatic carbocycles. The van der Waals surface area contributed by atoms with Crippen LogP contribution in [0.3, 0.4) is 0 Å². The summed E-state index contributed by atoms with van der Waals surface area (Å²) in [7, 11) is 0. The van der Waals surface area contributed by atoms with Gasteiger partial charge < -0.3 is 0 Å². The fourth-order valence-electron chi connectivity index (χ4n) is 1.19. The zero-order valence-corrected chi connectivity index (χ0v) is 7.99. The van der Waals surface area contributed by atoms with Crippen LogP contribution in [0.1, 0.15) is 5.69 Å². The molecule has 1 aromatic carbocycles. The molecule has 1 aromatic heterocycles. The zero-order chi connectivity index (χ0) is 9.26. The predicted octanol–water partition coefficient (Wildman–Crippen LogP) is 2.83. The SMILES string of the molecule is Cc1ccn(-c2ccccc2Cl)n1. The standard InChI is InChI=1S/C10H9ClN2/c1-8-6-7-13(12-8)10-5-3-2-4-9(10)11/h2-7H,1H3. The highest BCUT2D eigenvalue weighted by Gasteiger charge is 2.01. The molecule has 2 aromatic rings. The van der Waals surface area contributed by atoms with E-state index in [1.165, 1.54) is 0 Å². The number of aryl methyl sites for hydroxylation is 1. The van der Waals surface area contributed by atoms with Gasteiger partial charge in [-0.1, -0.05) is 23.7 Å². The molecule has 66 valence electrons. The number of hydrogen-bond acceptors (Lipinski definition) is 1. The van der Waals surface area contributed by atoms with Crippen molar-refractivity contribution in [2.24, 2.45) is 0 Å². The largest absolute Gasteiger partial charge is 0.239 e. The van der Waals surface area contributed by atoms with Crippen molar-refractivity contribution < 1.29 is 0 Å². The summed E-state index contributed by atoms with van der Waals surface area (Å²) in [5.74, 6) is 0. The lowest BCUT2D eigenvalue weighted by atomic mass is 10.3. The van der Waals surface area contributed by atoms with Gasteiger partial charge in [0.15, 0.2) is 0 Å². The molecule has 0 bridgehead atoms. The third-order valence-electron chi connectivity index (χ3n) is 1.82. The van der Waals surface area contributed by atoms with Gasteiger partial charge in [0.25, 0.3) is 0 Å². The van der Waals surface area contributed by atoms with Gasteiger partial charge >= 0.3 is 0 Å². The second kappa shape index (κ2) is 3.23. The van der Waals surface area contributed by atoms with Crippen molar-refractivity contribution in [2.75, 3.05) is 0 Å². The van der Waals surface area contributed by atoms with Gasteiger partial charge in [-0.15, -0.1) is 0 Å². The van der Waals surface area contributed by atoms with Gasteiger partial charge in [0.05, 0.1) is 16.4 Å². The molecule has 2 rings (SSSR count). The first-order valence-corrected chi connectivity index (χ1v) is 4.42. The zero-order valence-electron chi connectivity index (χ0n) is 7.24. The maximum atomic E-state index is 6.01. The Morgan fingerprint density at radius 3 is 2.62 bits per heavy atom. The summed E-state index contributed by atoms with van der Waals surface area (Å²) < 4.78 is 1.78.